The van der Waals surface area contributed by atoms with E-state index in [9.17, 15) is 103 Å². The number of nitrogens with one attached hydrogen (secondary N) is 12. The van der Waals surface area contributed by atoms with Crippen molar-refractivity contribution in [3.63, 3.8) is 0 Å². The number of nitrogen functional groups attached to an aromatic ring is 1. The number of hydrogen-bond acceptors (Lipinski definition) is 27. The lowest BCUT2D eigenvalue weighted by molar-refractivity contribution is -0.141. The van der Waals surface area contributed by atoms with E-state index >= 15 is 0 Å². The molecule has 0 bridgehead atoms. The van der Waals surface area contributed by atoms with Gasteiger partial charge in [-0.3, -0.25) is 62.5 Å². The molecule has 94 heavy (non-hydrogen) atoms. The molecular formula is C54H80N16O23S. The Morgan fingerprint density at radius 1 is 0.543 bits per heavy atom. The number of aromatic nitrogens is 4. The summed E-state index contributed by atoms with van der Waals surface area (Å²) in [5.41, 5.74) is 6.38. The van der Waals surface area contributed by atoms with Crippen molar-refractivity contribution in [2.45, 2.75) is 132 Å². The summed E-state index contributed by atoms with van der Waals surface area (Å²) in [6.07, 6.45) is -13.1. The first-order valence-corrected chi connectivity index (χ1v) is 29.7. The molecule has 10 unspecified atom stereocenters. The second-order valence-corrected chi connectivity index (χ2v) is 21.2. The minimum absolute atomic E-state index is 0.00482. The number of aliphatic carboxylic acids is 2. The average Bonchev–Trinajstić information content (AvgIpc) is 0.845. The van der Waals surface area contributed by atoms with Crippen LogP contribution in [-0.2, 0) is 59.3 Å². The molecule has 0 spiro atoms. The smallest absolute Gasteiger partial charge is 0.327 e. The number of nitrogens with zero attached hydrogens (tertiary/aromatic N) is 3. The van der Waals surface area contributed by atoms with E-state index in [1.807, 2.05) is 0 Å². The molecule has 0 aliphatic heterocycles. The van der Waals surface area contributed by atoms with Gasteiger partial charge in [-0.05, 0) is 62.8 Å². The van der Waals surface area contributed by atoms with E-state index in [-0.39, 0.29) is 61.4 Å². The highest BCUT2D eigenvalue weighted by atomic mass is 32.1. The number of hydrogen-bond donors (Lipinski definition) is 24. The largest absolute Gasteiger partial charge is 0.481 e. The summed E-state index contributed by atoms with van der Waals surface area (Å²) in [7, 11) is 0. The SMILES string of the molecule is Nc1nc2ncc(CNc3ccc(C(=O)NCCCC(=O)NCC(=O)NC(CCC(=O)O)C(=O)NCC(=O)NC(CCC(=O)NCC(O)C(O)C(O)CCO)C(=O)NCC(=O)NC(CCC(=O)NCC(O)C(O)C(O)CCO)C(=O)NC(CS)C(=O)O)cc3)nc2c(=O)[nH]1. The van der Waals surface area contributed by atoms with Gasteiger partial charge in [0, 0.05) is 75.5 Å². The molecule has 0 aliphatic carbocycles. The van der Waals surface area contributed by atoms with Crippen LogP contribution in [0.15, 0.2) is 35.3 Å². The third kappa shape index (κ3) is 29.1. The molecule has 0 radical (unpaired) electrons. The van der Waals surface area contributed by atoms with Crippen LogP contribution >= 0.6 is 12.6 Å². The minimum atomic E-state index is -1.82. The number of carboxylic acids is 2. The maximum atomic E-state index is 13.6. The minimum Gasteiger partial charge on any atom is -0.481 e. The highest BCUT2D eigenvalue weighted by molar-refractivity contribution is 7.80. The quantitative estimate of drug-likeness (QED) is 0.0185. The van der Waals surface area contributed by atoms with E-state index in [2.05, 4.69) is 91.0 Å². The molecule has 10 amide bonds. The summed E-state index contributed by atoms with van der Waals surface area (Å²) in [5, 5.41) is 123. The molecule has 2 aromatic heterocycles. The monoisotopic (exact) mass is 1350 g/mol. The van der Waals surface area contributed by atoms with Crippen LogP contribution in [0.2, 0.25) is 0 Å². The fraction of sp³-hybridized carbons (Fsp3) is 0.556. The lowest BCUT2D eigenvalue weighted by Gasteiger charge is -2.23. The van der Waals surface area contributed by atoms with Crippen molar-refractivity contribution in [3.05, 3.63) is 52.1 Å². The van der Waals surface area contributed by atoms with Crippen molar-refractivity contribution in [3.8, 4) is 0 Å². The Kier molecular flexibility index (Phi) is 34.7. The van der Waals surface area contributed by atoms with Gasteiger partial charge < -0.3 is 115 Å². The zero-order valence-corrected chi connectivity index (χ0v) is 51.3. The van der Waals surface area contributed by atoms with Crippen molar-refractivity contribution < 1.29 is 109 Å². The van der Waals surface area contributed by atoms with Crippen molar-refractivity contribution in [1.29, 1.82) is 0 Å². The van der Waals surface area contributed by atoms with Gasteiger partial charge in [0.2, 0.25) is 59.1 Å². The number of carbonyl (C=O) groups excluding carboxylic acids is 10. The highest BCUT2D eigenvalue weighted by Crippen LogP contribution is 2.13. The summed E-state index contributed by atoms with van der Waals surface area (Å²) in [5.74, 6) is -13.1. The Labute approximate surface area is 539 Å². The second-order valence-electron chi connectivity index (χ2n) is 20.8. The number of carbonyl (C=O) groups is 12. The van der Waals surface area contributed by atoms with Gasteiger partial charge in [0.25, 0.3) is 11.5 Å². The number of aliphatic hydroxyl groups excluding tert-OH is 8. The van der Waals surface area contributed by atoms with Gasteiger partial charge in [0.05, 0.1) is 62.5 Å². The first-order valence-electron chi connectivity index (χ1n) is 29.1. The highest BCUT2D eigenvalue weighted by Gasteiger charge is 2.31. The van der Waals surface area contributed by atoms with Crippen LogP contribution in [0.25, 0.3) is 11.2 Å². The number of H-pyrrole nitrogens is 1. The first kappa shape index (κ1) is 78.9. The molecule has 0 saturated carbocycles. The van der Waals surface area contributed by atoms with Gasteiger partial charge in [0.15, 0.2) is 11.2 Å². The lowest BCUT2D eigenvalue weighted by atomic mass is 10.1. The fourth-order valence-electron chi connectivity index (χ4n) is 8.18. The van der Waals surface area contributed by atoms with Gasteiger partial charge in [-0.1, -0.05) is 0 Å². The lowest BCUT2D eigenvalue weighted by Crippen LogP contribution is -2.55. The number of rotatable bonds is 44. The number of nitrogens with two attached hydrogens (primary N) is 1. The van der Waals surface area contributed by atoms with E-state index in [1.165, 1.54) is 18.3 Å². The van der Waals surface area contributed by atoms with Crippen LogP contribution in [0.3, 0.4) is 0 Å². The van der Waals surface area contributed by atoms with Gasteiger partial charge in [-0.2, -0.15) is 17.6 Å². The van der Waals surface area contributed by atoms with Crippen molar-refractivity contribution in [1.82, 2.24) is 73.1 Å². The predicted octanol–water partition coefficient (Wildman–Crippen LogP) is -9.69. The Morgan fingerprint density at radius 2 is 1.02 bits per heavy atom. The van der Waals surface area contributed by atoms with Gasteiger partial charge in [-0.25, -0.2) is 14.8 Å². The van der Waals surface area contributed by atoms with Crippen molar-refractivity contribution in [2.75, 3.05) is 69.3 Å². The predicted molar refractivity (Wildman–Crippen MR) is 327 cm³/mol. The molecule has 10 atom stereocenters. The van der Waals surface area contributed by atoms with Gasteiger partial charge in [-0.15, -0.1) is 0 Å². The van der Waals surface area contributed by atoms with E-state index in [1.54, 1.807) is 12.1 Å². The molecule has 0 saturated heterocycles. The molecule has 520 valence electrons. The van der Waals surface area contributed by atoms with Crippen LogP contribution in [0, 0.1) is 0 Å². The first-order chi connectivity index (χ1) is 44.5. The normalized spacial score (nSPS) is 14.3. The van der Waals surface area contributed by atoms with E-state index < -0.39 is 228 Å². The number of amides is 10. The number of carboxylic acid groups (broad SMARTS) is 2. The van der Waals surface area contributed by atoms with Crippen LogP contribution in [0.1, 0.15) is 80.3 Å². The third-order valence-electron chi connectivity index (χ3n) is 13.4. The van der Waals surface area contributed by atoms with Crippen LogP contribution < -0.4 is 69.8 Å². The molecular weight excluding hydrogens is 1270 g/mol. The molecule has 3 aromatic rings. The second kappa shape index (κ2) is 41.3. The number of anilines is 2. The standard InChI is InChI=1S/C54H80N16O23S/c55-54-69-47-44(52(91)70-54)64-28(19-61-47)18-57-27-5-3-26(4-6-27)48(87)56-15-1-2-37(77)60-22-40(80)66-30(9-12-43(83)84)50(89)63-23-41(81)65-29(7-10-38(78)58-20-35(75)45(85)33(73)13-16-71)49(88)62-24-42(82)67-31(51(90)68-32(25-94)53(92)93)8-11-39(79)59-21-36(76)46(86)34(74)14-17-72/h3-6,19,29-36,45-46,57,71-76,85-86,94H,1-2,7-18,20-25H2,(H,56,87)(H,58,78)(H,59,79)(H,60,77)(H,62,88)(H,63,89)(H,65,81)(H,66,80)(H,67,82)(H,68,90)(H,83,84)(H,92,93)(H3,55,61,69,70,91). The topological polar surface area (TPSA) is 637 Å². The summed E-state index contributed by atoms with van der Waals surface area (Å²) in [4.78, 5) is 181. The maximum Gasteiger partial charge on any atom is 0.327 e. The third-order valence-corrected chi connectivity index (χ3v) is 13.8. The molecule has 40 heteroatoms. The zero-order valence-electron chi connectivity index (χ0n) is 50.4. The number of thiol groups is 1. The summed E-state index contributed by atoms with van der Waals surface area (Å²) >= 11 is 3.88. The molecule has 24 N–H and O–H groups in total. The van der Waals surface area contributed by atoms with E-state index in [0.29, 0.717) is 11.4 Å². The summed E-state index contributed by atoms with van der Waals surface area (Å²) < 4.78 is 0. The molecule has 1 aromatic carbocycles. The number of fused-ring (bicyclic) bond motifs is 1. The maximum absolute atomic E-state index is 13.6. The Morgan fingerprint density at radius 3 is 1.50 bits per heavy atom. The van der Waals surface area contributed by atoms with Gasteiger partial charge in [0.1, 0.15) is 36.4 Å². The number of aromatic amines is 1. The molecule has 0 aliphatic rings. The number of benzene rings is 1. The van der Waals surface area contributed by atoms with Crippen LogP contribution in [-0.4, -0.2) is 261 Å². The van der Waals surface area contributed by atoms with E-state index in [0.717, 1.165) is 0 Å². The summed E-state index contributed by atoms with van der Waals surface area (Å²) in [6, 6.07) is -0.377. The molecule has 3 rings (SSSR count). The average molecular weight is 1350 g/mol. The van der Waals surface area contributed by atoms with E-state index in [4.69, 9.17) is 15.9 Å². The fourth-order valence-corrected chi connectivity index (χ4v) is 8.43. The Hall–Kier alpha value is -9.29. The van der Waals surface area contributed by atoms with Crippen molar-refractivity contribution in [2.24, 2.45) is 0 Å². The molecule has 2 heterocycles. The Balaban J connectivity index is 1.60. The van der Waals surface area contributed by atoms with Gasteiger partial charge >= 0.3 is 11.9 Å². The van der Waals surface area contributed by atoms with Crippen LogP contribution in [0.5, 0.6) is 0 Å². The Bertz CT molecular complexity index is 3130. The molecule has 0 fully saturated rings. The number of aliphatic hydroxyl groups is 8. The molecule has 39 nitrogen and oxygen atoms in total. The summed E-state index contributed by atoms with van der Waals surface area (Å²) in [6.45, 7) is -4.84. The van der Waals surface area contributed by atoms with Crippen LogP contribution in [0.4, 0.5) is 11.6 Å². The zero-order chi connectivity index (χ0) is 70.0. The van der Waals surface area contributed by atoms with Crippen molar-refractivity contribution >= 4 is 106 Å².